The lowest BCUT2D eigenvalue weighted by Gasteiger charge is -2.36. The summed E-state index contributed by atoms with van der Waals surface area (Å²) >= 11 is 0. The molecular weight excluding hydrogens is 252 g/mol. The van der Waals surface area contributed by atoms with E-state index in [1.165, 1.54) is 4.90 Å². The summed E-state index contributed by atoms with van der Waals surface area (Å²) in [5.41, 5.74) is -0.720. The fraction of sp³-hybridized carbons (Fsp3) is 0.545. The van der Waals surface area contributed by atoms with Crippen LogP contribution in [-0.2, 0) is 4.74 Å². The van der Waals surface area contributed by atoms with Gasteiger partial charge in [0.2, 0.25) is 11.6 Å². The van der Waals surface area contributed by atoms with Crippen LogP contribution in [0.1, 0.15) is 13.8 Å². The monoisotopic (exact) mass is 264 g/mol. The number of ether oxygens (including phenoxy) is 1. The second-order valence-corrected chi connectivity index (χ2v) is 4.33. The van der Waals surface area contributed by atoms with Gasteiger partial charge in [0.15, 0.2) is 0 Å². The van der Waals surface area contributed by atoms with Crippen molar-refractivity contribution in [2.75, 3.05) is 18.0 Å². The summed E-state index contributed by atoms with van der Waals surface area (Å²) in [6, 6.07) is 0. The maximum absolute atomic E-state index is 13.6. The lowest BCUT2D eigenvalue weighted by molar-refractivity contribution is -0.00569. The first kappa shape index (κ1) is 13.1. The standard InChI is InChI=1S/C11H12F4N2O/c1-5-3-17(4-6(2)18-5)9-7(12)10(14)16-11(15)8(9)13/h5-6H,3-4H2,1-2H3/t5-,6+. The van der Waals surface area contributed by atoms with Gasteiger partial charge in [-0.25, -0.2) is 0 Å². The predicted molar refractivity (Wildman–Crippen MR) is 56.3 cm³/mol. The number of hydrogen-bond acceptors (Lipinski definition) is 3. The van der Waals surface area contributed by atoms with Gasteiger partial charge in [-0.05, 0) is 13.8 Å². The smallest absolute Gasteiger partial charge is 0.253 e. The van der Waals surface area contributed by atoms with Gasteiger partial charge in [0.1, 0.15) is 5.69 Å². The van der Waals surface area contributed by atoms with Crippen LogP contribution in [0.25, 0.3) is 0 Å². The topological polar surface area (TPSA) is 25.4 Å². The molecule has 1 aliphatic heterocycles. The second kappa shape index (κ2) is 4.72. The molecule has 0 bridgehead atoms. The third kappa shape index (κ3) is 2.27. The molecule has 2 rings (SSSR count). The van der Waals surface area contributed by atoms with Gasteiger partial charge < -0.3 is 9.64 Å². The van der Waals surface area contributed by atoms with Crippen molar-refractivity contribution in [3.05, 3.63) is 23.5 Å². The van der Waals surface area contributed by atoms with Crippen molar-refractivity contribution in [1.29, 1.82) is 0 Å². The van der Waals surface area contributed by atoms with Gasteiger partial charge in [0, 0.05) is 13.1 Å². The lowest BCUT2D eigenvalue weighted by atomic mass is 10.2. The Hall–Kier alpha value is -1.37. The summed E-state index contributed by atoms with van der Waals surface area (Å²) in [6.45, 7) is 3.74. The van der Waals surface area contributed by atoms with E-state index in [1.807, 2.05) is 0 Å². The molecule has 2 atom stereocenters. The molecule has 1 fully saturated rings. The number of hydrogen-bond donors (Lipinski definition) is 0. The van der Waals surface area contributed by atoms with E-state index in [0.29, 0.717) is 0 Å². The molecule has 7 heteroatoms. The van der Waals surface area contributed by atoms with Crippen LogP contribution in [0.2, 0.25) is 0 Å². The molecule has 100 valence electrons. The summed E-state index contributed by atoms with van der Waals surface area (Å²) in [4.78, 5) is 3.76. The Kier molecular flexibility index (Phi) is 3.43. The molecule has 0 spiro atoms. The SMILES string of the molecule is C[C@@H]1CN(c2c(F)c(F)nc(F)c2F)C[C@H](C)O1. The van der Waals surface area contributed by atoms with Gasteiger partial charge >= 0.3 is 0 Å². The van der Waals surface area contributed by atoms with Crippen LogP contribution in [0.15, 0.2) is 0 Å². The molecule has 0 N–H and O–H groups in total. The van der Waals surface area contributed by atoms with Crippen LogP contribution in [-0.4, -0.2) is 30.3 Å². The van der Waals surface area contributed by atoms with Crippen molar-refractivity contribution in [1.82, 2.24) is 4.98 Å². The van der Waals surface area contributed by atoms with Crippen LogP contribution >= 0.6 is 0 Å². The van der Waals surface area contributed by atoms with E-state index in [9.17, 15) is 17.6 Å². The first-order valence-electron chi connectivity index (χ1n) is 5.50. The average Bonchev–Trinajstić information content (AvgIpc) is 2.25. The fourth-order valence-electron chi connectivity index (χ4n) is 2.11. The molecule has 0 amide bonds. The molecule has 1 aliphatic rings. The van der Waals surface area contributed by atoms with Crippen molar-refractivity contribution in [2.45, 2.75) is 26.1 Å². The van der Waals surface area contributed by atoms with Crippen molar-refractivity contribution < 1.29 is 22.3 Å². The zero-order valence-electron chi connectivity index (χ0n) is 9.88. The minimum Gasteiger partial charge on any atom is -0.372 e. The zero-order chi connectivity index (χ0) is 13.4. The van der Waals surface area contributed by atoms with Crippen LogP contribution < -0.4 is 4.90 Å². The highest BCUT2D eigenvalue weighted by Gasteiger charge is 2.30. The van der Waals surface area contributed by atoms with Crippen LogP contribution in [0.3, 0.4) is 0 Å². The first-order chi connectivity index (χ1) is 8.40. The molecular formula is C11H12F4N2O. The molecule has 0 aliphatic carbocycles. The number of pyridine rings is 1. The molecule has 0 unspecified atom stereocenters. The van der Waals surface area contributed by atoms with E-state index in [1.54, 1.807) is 13.8 Å². The van der Waals surface area contributed by atoms with E-state index >= 15 is 0 Å². The number of nitrogens with zero attached hydrogens (tertiary/aromatic N) is 2. The van der Waals surface area contributed by atoms with E-state index < -0.39 is 29.2 Å². The maximum Gasteiger partial charge on any atom is 0.253 e. The molecule has 2 heterocycles. The Morgan fingerprint density at radius 3 is 1.89 bits per heavy atom. The Labute approximate surface area is 101 Å². The third-order valence-electron chi connectivity index (χ3n) is 2.71. The van der Waals surface area contributed by atoms with Gasteiger partial charge in [-0.15, -0.1) is 0 Å². The van der Waals surface area contributed by atoms with Crippen molar-refractivity contribution in [2.24, 2.45) is 0 Å². The largest absolute Gasteiger partial charge is 0.372 e. The van der Waals surface area contributed by atoms with Crippen LogP contribution in [0.5, 0.6) is 0 Å². The highest BCUT2D eigenvalue weighted by atomic mass is 19.2. The number of aromatic nitrogens is 1. The molecule has 1 aromatic rings. The predicted octanol–water partition coefficient (Wildman–Crippen LogP) is 2.25. The molecule has 18 heavy (non-hydrogen) atoms. The van der Waals surface area contributed by atoms with E-state index in [2.05, 4.69) is 4.98 Å². The van der Waals surface area contributed by atoms with Gasteiger partial charge in [-0.3, -0.25) is 0 Å². The van der Waals surface area contributed by atoms with Crippen molar-refractivity contribution >= 4 is 5.69 Å². The summed E-state index contributed by atoms with van der Waals surface area (Å²) < 4.78 is 58.5. The van der Waals surface area contributed by atoms with Crippen LogP contribution in [0, 0.1) is 23.5 Å². The minimum absolute atomic E-state index is 0.154. The quantitative estimate of drug-likeness (QED) is 0.574. The maximum atomic E-state index is 13.6. The van der Waals surface area contributed by atoms with Crippen molar-refractivity contribution in [3.8, 4) is 0 Å². The zero-order valence-corrected chi connectivity index (χ0v) is 9.88. The fourth-order valence-corrected chi connectivity index (χ4v) is 2.11. The summed E-state index contributed by atoms with van der Waals surface area (Å²) in [5, 5.41) is 0. The average molecular weight is 264 g/mol. The van der Waals surface area contributed by atoms with E-state index in [-0.39, 0.29) is 25.3 Å². The highest BCUT2D eigenvalue weighted by Crippen LogP contribution is 2.28. The Bertz CT molecular complexity index is 433. The summed E-state index contributed by atoms with van der Waals surface area (Å²) in [5.74, 6) is -6.24. The van der Waals surface area contributed by atoms with Gasteiger partial charge in [-0.1, -0.05) is 0 Å². The van der Waals surface area contributed by atoms with Gasteiger partial charge in [-0.2, -0.15) is 22.5 Å². The third-order valence-corrected chi connectivity index (χ3v) is 2.71. The van der Waals surface area contributed by atoms with E-state index in [4.69, 9.17) is 4.74 Å². The second-order valence-electron chi connectivity index (χ2n) is 4.33. The van der Waals surface area contributed by atoms with E-state index in [0.717, 1.165) is 0 Å². The van der Waals surface area contributed by atoms with Gasteiger partial charge in [0.25, 0.3) is 11.9 Å². The Balaban J connectivity index is 2.44. The molecule has 3 nitrogen and oxygen atoms in total. The minimum atomic E-state index is -1.64. The normalized spacial score (nSPS) is 24.4. The summed E-state index contributed by atoms with van der Waals surface area (Å²) in [6.07, 6.45) is -0.571. The van der Waals surface area contributed by atoms with Crippen molar-refractivity contribution in [3.63, 3.8) is 0 Å². The molecule has 1 aromatic heterocycles. The number of anilines is 1. The molecule has 1 saturated heterocycles. The summed E-state index contributed by atoms with van der Waals surface area (Å²) in [7, 11) is 0. The lowest BCUT2D eigenvalue weighted by Crippen LogP contribution is -2.46. The number of morpholine rings is 1. The molecule has 0 radical (unpaired) electrons. The van der Waals surface area contributed by atoms with Crippen LogP contribution in [0.4, 0.5) is 23.2 Å². The molecule has 0 saturated carbocycles. The van der Waals surface area contributed by atoms with Gasteiger partial charge in [0.05, 0.1) is 12.2 Å². The molecule has 0 aromatic carbocycles. The Morgan fingerprint density at radius 1 is 1.00 bits per heavy atom. The number of halogens is 4. The Morgan fingerprint density at radius 2 is 1.44 bits per heavy atom. The first-order valence-corrected chi connectivity index (χ1v) is 5.50. The highest BCUT2D eigenvalue weighted by molar-refractivity contribution is 5.49. The number of rotatable bonds is 1.